The first-order valence-corrected chi connectivity index (χ1v) is 14.6. The molecule has 4 heterocycles. The summed E-state index contributed by atoms with van der Waals surface area (Å²) in [5.74, 6) is 0.488. The highest BCUT2D eigenvalue weighted by Crippen LogP contribution is 2.30. The van der Waals surface area contributed by atoms with Gasteiger partial charge in [-0.3, -0.25) is 14.5 Å². The molecule has 1 unspecified atom stereocenters. The lowest BCUT2D eigenvalue weighted by atomic mass is 9.88. The van der Waals surface area contributed by atoms with Crippen molar-refractivity contribution in [1.29, 1.82) is 0 Å². The number of carbonyl (C=O) groups is 2. The predicted octanol–water partition coefficient (Wildman–Crippen LogP) is 5.71. The van der Waals surface area contributed by atoms with Crippen molar-refractivity contribution in [3.05, 3.63) is 88.4 Å². The number of carbonyl (C=O) groups excluding carboxylic acids is 2. The van der Waals surface area contributed by atoms with Crippen LogP contribution in [0.1, 0.15) is 97.7 Å². The highest BCUT2D eigenvalue weighted by atomic mass is 16.2. The molecule has 3 aliphatic heterocycles. The largest absolute Gasteiger partial charge is 0.379 e. The van der Waals surface area contributed by atoms with Gasteiger partial charge in [0.1, 0.15) is 12.2 Å². The third-order valence-electron chi connectivity index (χ3n) is 8.23. The quantitative estimate of drug-likeness (QED) is 0.259. The van der Waals surface area contributed by atoms with Crippen LogP contribution in [-0.4, -0.2) is 57.7 Å². The molecule has 0 radical (unpaired) electrons. The SMILES string of the molecule is CC(C)C1=C(C2CCCC(c3ncccc3C(C)C)=[N+]2CCCCN2C(=O)c3ccccc3C2=O)NCC=C1. The minimum absolute atomic E-state index is 0.168. The van der Waals surface area contributed by atoms with E-state index in [4.69, 9.17) is 4.98 Å². The van der Waals surface area contributed by atoms with E-state index in [-0.39, 0.29) is 17.9 Å². The summed E-state index contributed by atoms with van der Waals surface area (Å²) in [5, 5.41) is 3.74. The van der Waals surface area contributed by atoms with E-state index in [1.807, 2.05) is 24.4 Å². The number of pyridine rings is 1. The van der Waals surface area contributed by atoms with Gasteiger partial charge in [0, 0.05) is 38.5 Å². The average Bonchev–Trinajstić information content (AvgIpc) is 3.20. The first-order chi connectivity index (χ1) is 18.9. The Bertz CT molecular complexity index is 1320. The topological polar surface area (TPSA) is 65.3 Å². The molecule has 2 amide bonds. The van der Waals surface area contributed by atoms with Crippen molar-refractivity contribution in [3.63, 3.8) is 0 Å². The van der Waals surface area contributed by atoms with Gasteiger partial charge in [-0.25, -0.2) is 9.56 Å². The van der Waals surface area contributed by atoms with Gasteiger partial charge in [-0.2, -0.15) is 0 Å². The van der Waals surface area contributed by atoms with Crippen LogP contribution in [0, 0.1) is 5.92 Å². The molecule has 0 saturated carbocycles. The van der Waals surface area contributed by atoms with Crippen molar-refractivity contribution >= 4 is 17.5 Å². The molecule has 39 heavy (non-hydrogen) atoms. The molecule has 1 aromatic heterocycles. The van der Waals surface area contributed by atoms with Gasteiger partial charge in [-0.05, 0) is 54.0 Å². The number of unbranched alkanes of at least 4 members (excludes halogenated alkanes) is 1. The number of rotatable bonds is 9. The number of hydrogen-bond acceptors (Lipinski definition) is 4. The molecule has 1 aromatic carbocycles. The van der Waals surface area contributed by atoms with Gasteiger partial charge in [0.05, 0.1) is 16.8 Å². The molecule has 204 valence electrons. The van der Waals surface area contributed by atoms with E-state index >= 15 is 0 Å². The number of nitrogens with zero attached hydrogens (tertiary/aromatic N) is 3. The zero-order valence-corrected chi connectivity index (χ0v) is 23.7. The third kappa shape index (κ3) is 5.34. The Kier molecular flexibility index (Phi) is 8.10. The lowest BCUT2D eigenvalue weighted by molar-refractivity contribution is -0.563. The Hall–Kier alpha value is -3.54. The van der Waals surface area contributed by atoms with Crippen LogP contribution in [0.25, 0.3) is 0 Å². The standard InChI is InChI=1S/C33H41N4O2/c1-22(2)24-14-10-18-34-30(24)28-16-9-17-29(31-25(23(3)4)15-11-19-35-31)36(28)20-7-8-21-37-32(38)26-12-5-6-13-27(26)33(37)39/h5-6,10-15,18,22-23,29,35H,7-9,16-17,19-21H2,1-4H3/q+1. The second kappa shape index (κ2) is 11.7. The first-order valence-electron chi connectivity index (χ1n) is 14.6. The molecule has 0 fully saturated rings. The van der Waals surface area contributed by atoms with Crippen LogP contribution in [0.3, 0.4) is 0 Å². The lowest BCUT2D eigenvalue weighted by Crippen LogP contribution is -2.44. The highest BCUT2D eigenvalue weighted by Gasteiger charge is 2.38. The monoisotopic (exact) mass is 525 g/mol. The summed E-state index contributed by atoms with van der Waals surface area (Å²) < 4.78 is 2.59. The van der Waals surface area contributed by atoms with Crippen molar-refractivity contribution in [2.45, 2.75) is 71.8 Å². The Morgan fingerprint density at radius 2 is 1.74 bits per heavy atom. The van der Waals surface area contributed by atoms with E-state index in [9.17, 15) is 9.59 Å². The molecule has 0 aliphatic carbocycles. The number of hydrogen-bond donors (Lipinski definition) is 1. The Labute approximate surface area is 232 Å². The van der Waals surface area contributed by atoms with Gasteiger partial charge in [-0.15, -0.1) is 0 Å². The molecule has 5 rings (SSSR count). The summed E-state index contributed by atoms with van der Waals surface area (Å²) in [7, 11) is 0. The second-order valence-electron chi connectivity index (χ2n) is 11.5. The summed E-state index contributed by atoms with van der Waals surface area (Å²) in [6.07, 6.45) is 11.3. The van der Waals surface area contributed by atoms with E-state index in [0.717, 1.165) is 50.9 Å². The molecule has 6 nitrogen and oxygen atoms in total. The third-order valence-corrected chi connectivity index (χ3v) is 8.23. The molecule has 1 N–H and O–H groups in total. The number of nitrogens with one attached hydrogen (secondary N) is 1. The normalized spacial score (nSPS) is 19.4. The number of benzene rings is 1. The van der Waals surface area contributed by atoms with Crippen LogP contribution in [0.4, 0.5) is 0 Å². The number of fused-ring (bicyclic) bond motifs is 1. The fourth-order valence-electron chi connectivity index (χ4n) is 6.28. The Balaban J connectivity index is 1.43. The molecular formula is C33H41N4O2+. The van der Waals surface area contributed by atoms with Crippen molar-refractivity contribution in [2.75, 3.05) is 19.6 Å². The van der Waals surface area contributed by atoms with Crippen molar-refractivity contribution in [2.24, 2.45) is 5.92 Å². The molecule has 0 spiro atoms. The lowest BCUT2D eigenvalue weighted by Gasteiger charge is -2.30. The fourth-order valence-corrected chi connectivity index (χ4v) is 6.28. The number of amides is 2. The zero-order valence-electron chi connectivity index (χ0n) is 23.7. The van der Waals surface area contributed by atoms with E-state index in [2.05, 4.69) is 55.8 Å². The minimum Gasteiger partial charge on any atom is -0.379 e. The smallest absolute Gasteiger partial charge is 0.261 e. The number of allylic oxidation sites excluding steroid dienone is 2. The molecule has 0 saturated heterocycles. The maximum absolute atomic E-state index is 12.9. The van der Waals surface area contributed by atoms with Crippen LogP contribution >= 0.6 is 0 Å². The molecule has 6 heteroatoms. The Morgan fingerprint density at radius 3 is 2.44 bits per heavy atom. The van der Waals surface area contributed by atoms with Gasteiger partial charge in [0.25, 0.3) is 11.8 Å². The van der Waals surface area contributed by atoms with E-state index < -0.39 is 0 Å². The first kappa shape index (κ1) is 27.0. The van der Waals surface area contributed by atoms with Gasteiger partial charge < -0.3 is 5.32 Å². The van der Waals surface area contributed by atoms with Crippen LogP contribution < -0.4 is 5.32 Å². The zero-order chi connectivity index (χ0) is 27.5. The second-order valence-corrected chi connectivity index (χ2v) is 11.5. The minimum atomic E-state index is -0.168. The van der Waals surface area contributed by atoms with Gasteiger partial charge in [-0.1, -0.05) is 58.0 Å². The summed E-state index contributed by atoms with van der Waals surface area (Å²) in [6.45, 7) is 11.2. The van der Waals surface area contributed by atoms with Crippen LogP contribution in [-0.2, 0) is 0 Å². The summed E-state index contributed by atoms with van der Waals surface area (Å²) in [6, 6.07) is 11.7. The number of aromatic nitrogens is 1. The van der Waals surface area contributed by atoms with Gasteiger partial charge >= 0.3 is 0 Å². The molecule has 0 bridgehead atoms. The maximum atomic E-state index is 12.9. The molecule has 2 aromatic rings. The highest BCUT2D eigenvalue weighted by molar-refractivity contribution is 6.21. The van der Waals surface area contributed by atoms with E-state index in [0.29, 0.717) is 29.5 Å². The van der Waals surface area contributed by atoms with Crippen molar-refractivity contribution in [3.8, 4) is 0 Å². The van der Waals surface area contributed by atoms with E-state index in [1.165, 1.54) is 27.4 Å². The summed E-state index contributed by atoms with van der Waals surface area (Å²) >= 11 is 0. The van der Waals surface area contributed by atoms with Gasteiger partial charge in [0.2, 0.25) is 5.71 Å². The molecule has 1 atom stereocenters. The fraction of sp³-hybridized carbons (Fsp3) is 0.455. The molecule has 3 aliphatic rings. The van der Waals surface area contributed by atoms with Gasteiger partial charge in [0.15, 0.2) is 6.04 Å². The molecular weight excluding hydrogens is 484 g/mol. The average molecular weight is 526 g/mol. The predicted molar refractivity (Wildman–Crippen MR) is 155 cm³/mol. The number of imide groups is 1. The van der Waals surface area contributed by atoms with Crippen molar-refractivity contribution < 1.29 is 14.2 Å². The maximum Gasteiger partial charge on any atom is 0.261 e. The summed E-state index contributed by atoms with van der Waals surface area (Å²) in [4.78, 5) is 32.1. The van der Waals surface area contributed by atoms with Crippen LogP contribution in [0.2, 0.25) is 0 Å². The number of dihydropyridines is 1. The summed E-state index contributed by atoms with van der Waals surface area (Å²) in [5.41, 5.74) is 7.50. The Morgan fingerprint density at radius 1 is 1.00 bits per heavy atom. The van der Waals surface area contributed by atoms with Crippen LogP contribution in [0.5, 0.6) is 0 Å². The van der Waals surface area contributed by atoms with Crippen LogP contribution in [0.15, 0.2) is 66.0 Å². The van der Waals surface area contributed by atoms with Crippen molar-refractivity contribution in [1.82, 2.24) is 15.2 Å². The van der Waals surface area contributed by atoms with E-state index in [1.54, 1.807) is 12.1 Å².